The number of hydrogen-bond acceptors (Lipinski definition) is 5. The predicted octanol–water partition coefficient (Wildman–Crippen LogP) is 6.41. The highest BCUT2D eigenvalue weighted by Gasteiger charge is 2.10. The highest BCUT2D eigenvalue weighted by molar-refractivity contribution is 9.10. The maximum absolute atomic E-state index is 12.1. The lowest BCUT2D eigenvalue weighted by Crippen LogP contribution is -2.24. The molecule has 172 valence electrons. The summed E-state index contributed by atoms with van der Waals surface area (Å²) in [6.07, 6.45) is 3.11. The molecule has 1 amide bonds. The maximum atomic E-state index is 12.1. The number of nitrogens with one attached hydrogen (secondary N) is 1. The molecule has 0 bridgehead atoms. The van der Waals surface area contributed by atoms with E-state index in [0.717, 1.165) is 15.4 Å². The minimum atomic E-state index is -0.421. The molecule has 4 rings (SSSR count). The molecule has 0 aliphatic heterocycles. The van der Waals surface area contributed by atoms with Gasteiger partial charge in [0.2, 0.25) is 0 Å². The number of rotatable bonds is 8. The van der Waals surface area contributed by atoms with E-state index < -0.39 is 5.91 Å². The Balaban J connectivity index is 1.32. The lowest BCUT2D eigenvalue weighted by molar-refractivity contribution is -0.123. The lowest BCUT2D eigenvalue weighted by Gasteiger charge is -2.11. The molecule has 1 N–H and O–H groups in total. The molecule has 9 heteroatoms. The first kappa shape index (κ1) is 24.0. The van der Waals surface area contributed by atoms with Gasteiger partial charge in [0.05, 0.1) is 16.3 Å². The Morgan fingerprint density at radius 1 is 1.03 bits per heavy atom. The third kappa shape index (κ3) is 6.26. The second kappa shape index (κ2) is 11.3. The molecule has 0 aliphatic carbocycles. The summed E-state index contributed by atoms with van der Waals surface area (Å²) in [5.41, 5.74) is 4.69. The summed E-state index contributed by atoms with van der Waals surface area (Å²) in [4.78, 5) is 16.4. The number of hydrogen-bond donors (Lipinski definition) is 1. The Morgan fingerprint density at radius 3 is 2.53 bits per heavy atom. The number of carbonyl (C=O) groups excluding carboxylic acids is 1. The fourth-order valence-electron chi connectivity index (χ4n) is 3.08. The SMILES string of the molecule is O=C(COc1cccc2cccnc12)N/N=C/c1cc(Cl)c(OCc2ccc(Br)cc2)c(Cl)c1. The van der Waals surface area contributed by atoms with E-state index in [9.17, 15) is 4.79 Å². The number of carbonyl (C=O) groups is 1. The number of benzene rings is 3. The summed E-state index contributed by atoms with van der Waals surface area (Å²) in [5, 5.41) is 5.55. The molecule has 4 aromatic rings. The van der Waals surface area contributed by atoms with Crippen molar-refractivity contribution < 1.29 is 14.3 Å². The minimum Gasteiger partial charge on any atom is -0.486 e. The van der Waals surface area contributed by atoms with Gasteiger partial charge in [0.25, 0.3) is 5.91 Å². The molecule has 0 saturated heterocycles. The standard InChI is InChI=1S/C25H18BrCl2N3O3/c26-19-8-6-16(7-9-19)14-34-25-20(27)11-17(12-21(25)28)13-30-31-23(32)15-33-22-5-1-3-18-4-2-10-29-24(18)22/h1-13H,14-15H2,(H,31,32)/b30-13+. The molecular weight excluding hydrogens is 541 g/mol. The van der Waals surface area contributed by atoms with E-state index in [1.54, 1.807) is 24.4 Å². The third-order valence-corrected chi connectivity index (χ3v) is 5.76. The van der Waals surface area contributed by atoms with E-state index in [1.807, 2.05) is 48.5 Å². The van der Waals surface area contributed by atoms with E-state index in [4.69, 9.17) is 32.7 Å². The van der Waals surface area contributed by atoms with Crippen LogP contribution in [-0.4, -0.2) is 23.7 Å². The van der Waals surface area contributed by atoms with Crippen LogP contribution in [0.3, 0.4) is 0 Å². The van der Waals surface area contributed by atoms with Crippen LogP contribution in [0.25, 0.3) is 10.9 Å². The van der Waals surface area contributed by atoms with Crippen molar-refractivity contribution in [2.24, 2.45) is 5.10 Å². The average Bonchev–Trinajstić information content (AvgIpc) is 2.83. The van der Waals surface area contributed by atoms with Crippen LogP contribution in [0.5, 0.6) is 11.5 Å². The molecule has 34 heavy (non-hydrogen) atoms. The van der Waals surface area contributed by atoms with Gasteiger partial charge in [0.15, 0.2) is 12.4 Å². The smallest absolute Gasteiger partial charge is 0.277 e. The van der Waals surface area contributed by atoms with Gasteiger partial charge in [0, 0.05) is 16.1 Å². The molecule has 1 aromatic heterocycles. The predicted molar refractivity (Wildman–Crippen MR) is 138 cm³/mol. The second-order valence-corrected chi connectivity index (χ2v) is 8.87. The largest absolute Gasteiger partial charge is 0.486 e. The number of hydrazone groups is 1. The normalized spacial score (nSPS) is 11.0. The first-order valence-electron chi connectivity index (χ1n) is 10.1. The third-order valence-electron chi connectivity index (χ3n) is 4.67. The van der Waals surface area contributed by atoms with Crippen LogP contribution in [0.2, 0.25) is 10.0 Å². The van der Waals surface area contributed by atoms with Crippen molar-refractivity contribution in [3.63, 3.8) is 0 Å². The van der Waals surface area contributed by atoms with Gasteiger partial charge in [-0.1, -0.05) is 69.5 Å². The summed E-state index contributed by atoms with van der Waals surface area (Å²) < 4.78 is 12.4. The Morgan fingerprint density at radius 2 is 1.76 bits per heavy atom. The summed E-state index contributed by atoms with van der Waals surface area (Å²) in [7, 11) is 0. The van der Waals surface area contributed by atoms with E-state index >= 15 is 0 Å². The van der Waals surface area contributed by atoms with Crippen LogP contribution >= 0.6 is 39.1 Å². The van der Waals surface area contributed by atoms with E-state index in [-0.39, 0.29) is 6.61 Å². The van der Waals surface area contributed by atoms with Gasteiger partial charge in [-0.05, 0) is 47.5 Å². The summed E-state index contributed by atoms with van der Waals surface area (Å²) in [6, 6.07) is 20.3. The molecule has 1 heterocycles. The highest BCUT2D eigenvalue weighted by atomic mass is 79.9. The van der Waals surface area contributed by atoms with E-state index in [0.29, 0.717) is 39.2 Å². The van der Waals surface area contributed by atoms with Crippen molar-refractivity contribution in [1.29, 1.82) is 0 Å². The molecule has 0 fully saturated rings. The molecule has 0 spiro atoms. The maximum Gasteiger partial charge on any atom is 0.277 e. The monoisotopic (exact) mass is 557 g/mol. The van der Waals surface area contributed by atoms with Crippen LogP contribution in [0.1, 0.15) is 11.1 Å². The van der Waals surface area contributed by atoms with Crippen molar-refractivity contribution in [2.45, 2.75) is 6.61 Å². The Labute approximate surface area is 214 Å². The molecule has 0 atom stereocenters. The number of halogens is 3. The van der Waals surface area contributed by atoms with Crippen LogP contribution in [0.15, 0.2) is 82.5 Å². The molecule has 0 saturated carbocycles. The molecule has 0 aliphatic rings. The van der Waals surface area contributed by atoms with Crippen molar-refractivity contribution in [3.8, 4) is 11.5 Å². The van der Waals surface area contributed by atoms with E-state index in [1.165, 1.54) is 6.21 Å². The number of fused-ring (bicyclic) bond motifs is 1. The molecule has 0 radical (unpaired) electrons. The summed E-state index contributed by atoms with van der Waals surface area (Å²) in [6.45, 7) is 0.111. The summed E-state index contributed by atoms with van der Waals surface area (Å²) in [5.74, 6) is 0.481. The lowest BCUT2D eigenvalue weighted by atomic mass is 10.2. The van der Waals surface area contributed by atoms with Crippen LogP contribution < -0.4 is 14.9 Å². The van der Waals surface area contributed by atoms with Crippen LogP contribution in [0, 0.1) is 0 Å². The van der Waals surface area contributed by atoms with Gasteiger partial charge in [-0.15, -0.1) is 0 Å². The number of aromatic nitrogens is 1. The Kier molecular flexibility index (Phi) is 8.00. The quantitative estimate of drug-likeness (QED) is 0.200. The number of amides is 1. The van der Waals surface area contributed by atoms with Crippen LogP contribution in [-0.2, 0) is 11.4 Å². The van der Waals surface area contributed by atoms with Crippen molar-refractivity contribution in [3.05, 3.63) is 98.6 Å². The summed E-state index contributed by atoms with van der Waals surface area (Å²) >= 11 is 16.1. The second-order valence-electron chi connectivity index (χ2n) is 7.14. The van der Waals surface area contributed by atoms with Crippen molar-refractivity contribution in [2.75, 3.05) is 6.61 Å². The van der Waals surface area contributed by atoms with E-state index in [2.05, 4.69) is 31.4 Å². The van der Waals surface area contributed by atoms with Gasteiger partial charge in [-0.25, -0.2) is 5.43 Å². The molecule has 0 unspecified atom stereocenters. The Hall–Kier alpha value is -3.13. The fourth-order valence-corrected chi connectivity index (χ4v) is 3.95. The highest BCUT2D eigenvalue weighted by Crippen LogP contribution is 2.34. The Bertz CT molecular complexity index is 1320. The van der Waals surface area contributed by atoms with Gasteiger partial charge in [0.1, 0.15) is 17.9 Å². The number of para-hydroxylation sites is 1. The fraction of sp³-hybridized carbons (Fsp3) is 0.0800. The van der Waals surface area contributed by atoms with Crippen molar-refractivity contribution in [1.82, 2.24) is 10.4 Å². The zero-order valence-electron chi connectivity index (χ0n) is 17.7. The minimum absolute atomic E-state index is 0.211. The topological polar surface area (TPSA) is 72.8 Å². The molecular formula is C25H18BrCl2N3O3. The number of nitrogens with zero attached hydrogens (tertiary/aromatic N) is 2. The molecule has 6 nitrogen and oxygen atoms in total. The van der Waals surface area contributed by atoms with Gasteiger partial charge in [-0.3, -0.25) is 9.78 Å². The average molecular weight is 559 g/mol. The number of ether oxygens (including phenoxy) is 2. The molecule has 3 aromatic carbocycles. The first-order chi connectivity index (χ1) is 16.5. The van der Waals surface area contributed by atoms with Gasteiger partial charge in [-0.2, -0.15) is 5.10 Å². The van der Waals surface area contributed by atoms with Crippen molar-refractivity contribution >= 4 is 62.2 Å². The van der Waals surface area contributed by atoms with Gasteiger partial charge < -0.3 is 9.47 Å². The zero-order valence-corrected chi connectivity index (χ0v) is 20.8. The number of pyridine rings is 1. The first-order valence-corrected chi connectivity index (χ1v) is 11.7. The zero-order chi connectivity index (χ0) is 23.9. The van der Waals surface area contributed by atoms with Crippen LogP contribution in [0.4, 0.5) is 0 Å². The van der Waals surface area contributed by atoms with Gasteiger partial charge >= 0.3 is 0 Å².